The molecule has 2 N–H and O–H groups in total. The standard InChI is InChI=1S/C28H29FN2O5S/c1-5-35-27(34)21(12-13-37-4)30-25(32)17-8-6-16(7-9-17)20-15-23(36-28(20,2)3)24-19-11-10-18(29)14-22(19)31-26(24)33/h6-11,14-15,21H,5,12-13H2,1-4H3,(H,30,32)(H,31,33)/b24-23-/t21-/m0/s1. The summed E-state index contributed by atoms with van der Waals surface area (Å²) in [6.45, 7) is 5.75. The quantitative estimate of drug-likeness (QED) is 0.381. The Morgan fingerprint density at radius 2 is 1.92 bits per heavy atom. The van der Waals surface area contributed by atoms with Crippen LogP contribution in [0.2, 0.25) is 0 Å². The molecular formula is C28H29FN2O5S. The molecule has 2 aromatic carbocycles. The van der Waals surface area contributed by atoms with Gasteiger partial charge in [-0.15, -0.1) is 0 Å². The largest absolute Gasteiger partial charge is 0.482 e. The van der Waals surface area contributed by atoms with Gasteiger partial charge in [-0.2, -0.15) is 11.8 Å². The first-order valence-electron chi connectivity index (χ1n) is 12.0. The number of anilines is 1. The Kier molecular flexibility index (Phi) is 7.73. The van der Waals surface area contributed by atoms with Gasteiger partial charge in [0.15, 0.2) is 0 Å². The van der Waals surface area contributed by atoms with Crippen molar-refractivity contribution in [2.75, 3.05) is 23.9 Å². The van der Waals surface area contributed by atoms with Gasteiger partial charge in [-0.1, -0.05) is 12.1 Å². The van der Waals surface area contributed by atoms with Crippen LogP contribution in [0, 0.1) is 5.82 Å². The first kappa shape index (κ1) is 26.5. The topological polar surface area (TPSA) is 93.7 Å². The fourth-order valence-electron chi connectivity index (χ4n) is 4.38. The fourth-order valence-corrected chi connectivity index (χ4v) is 4.85. The lowest BCUT2D eigenvalue weighted by Crippen LogP contribution is -2.42. The monoisotopic (exact) mass is 524 g/mol. The van der Waals surface area contributed by atoms with Crippen LogP contribution >= 0.6 is 11.8 Å². The van der Waals surface area contributed by atoms with Gasteiger partial charge in [0.25, 0.3) is 11.8 Å². The summed E-state index contributed by atoms with van der Waals surface area (Å²) in [5, 5.41) is 5.46. The van der Waals surface area contributed by atoms with Gasteiger partial charge in [-0.05, 0) is 81.2 Å². The third kappa shape index (κ3) is 5.56. The molecule has 0 bridgehead atoms. The number of hydrogen-bond donors (Lipinski definition) is 2. The molecule has 0 saturated heterocycles. The number of carbonyl (C=O) groups excluding carboxylic acids is 3. The van der Waals surface area contributed by atoms with Gasteiger partial charge < -0.3 is 20.1 Å². The maximum Gasteiger partial charge on any atom is 0.328 e. The molecule has 2 heterocycles. The third-order valence-corrected chi connectivity index (χ3v) is 6.85. The molecule has 0 aromatic heterocycles. The summed E-state index contributed by atoms with van der Waals surface area (Å²) in [4.78, 5) is 37.8. The van der Waals surface area contributed by atoms with Gasteiger partial charge in [0.05, 0.1) is 17.9 Å². The van der Waals surface area contributed by atoms with Crippen molar-refractivity contribution < 1.29 is 28.2 Å². The summed E-state index contributed by atoms with van der Waals surface area (Å²) in [5.41, 5.74) is 2.65. The molecule has 0 fully saturated rings. The number of fused-ring (bicyclic) bond motifs is 1. The second-order valence-electron chi connectivity index (χ2n) is 9.19. The second kappa shape index (κ2) is 10.8. The number of nitrogens with one attached hydrogen (secondary N) is 2. The van der Waals surface area contributed by atoms with E-state index in [4.69, 9.17) is 9.47 Å². The van der Waals surface area contributed by atoms with Crippen molar-refractivity contribution in [1.82, 2.24) is 5.32 Å². The zero-order valence-electron chi connectivity index (χ0n) is 21.1. The minimum atomic E-state index is -0.748. The van der Waals surface area contributed by atoms with Crippen molar-refractivity contribution in [1.29, 1.82) is 0 Å². The van der Waals surface area contributed by atoms with E-state index >= 15 is 0 Å². The molecule has 194 valence electrons. The number of hydrogen-bond acceptors (Lipinski definition) is 6. The first-order chi connectivity index (χ1) is 17.6. The van der Waals surface area contributed by atoms with Crippen LogP contribution in [0.4, 0.5) is 10.1 Å². The van der Waals surface area contributed by atoms with E-state index in [-0.39, 0.29) is 18.4 Å². The number of esters is 1. The number of thioether (sulfide) groups is 1. The van der Waals surface area contributed by atoms with E-state index in [9.17, 15) is 18.8 Å². The van der Waals surface area contributed by atoms with Crippen molar-refractivity contribution in [2.45, 2.75) is 38.8 Å². The molecule has 0 aliphatic carbocycles. The molecular weight excluding hydrogens is 495 g/mol. The summed E-state index contributed by atoms with van der Waals surface area (Å²) in [6, 6.07) is 10.4. The van der Waals surface area contributed by atoms with Crippen LogP contribution in [0.1, 0.15) is 48.7 Å². The number of halogens is 1. The van der Waals surface area contributed by atoms with Crippen LogP contribution in [0.25, 0.3) is 11.1 Å². The Labute approximate surface area is 219 Å². The lowest BCUT2D eigenvalue weighted by Gasteiger charge is -2.23. The van der Waals surface area contributed by atoms with Gasteiger partial charge in [0, 0.05) is 16.7 Å². The normalized spacial score (nSPS) is 18.4. The molecule has 2 aliphatic heterocycles. The molecule has 2 aromatic rings. The number of ether oxygens (including phenoxy) is 2. The predicted molar refractivity (Wildman–Crippen MR) is 142 cm³/mol. The molecule has 4 rings (SSSR count). The summed E-state index contributed by atoms with van der Waals surface area (Å²) < 4.78 is 24.9. The smallest absolute Gasteiger partial charge is 0.328 e. The van der Waals surface area contributed by atoms with Crippen molar-refractivity contribution in [3.8, 4) is 0 Å². The number of benzene rings is 2. The molecule has 9 heteroatoms. The van der Waals surface area contributed by atoms with E-state index in [0.29, 0.717) is 40.3 Å². The van der Waals surface area contributed by atoms with E-state index in [2.05, 4.69) is 10.6 Å². The molecule has 2 aliphatic rings. The molecule has 37 heavy (non-hydrogen) atoms. The Morgan fingerprint density at radius 1 is 1.19 bits per heavy atom. The van der Waals surface area contributed by atoms with Crippen LogP contribution in [0.5, 0.6) is 0 Å². The molecule has 7 nitrogen and oxygen atoms in total. The van der Waals surface area contributed by atoms with Crippen LogP contribution in [-0.4, -0.2) is 48.0 Å². The lowest BCUT2D eigenvalue weighted by atomic mass is 9.91. The summed E-state index contributed by atoms with van der Waals surface area (Å²) in [5.74, 6) is -0.491. The maximum atomic E-state index is 13.6. The highest BCUT2D eigenvalue weighted by atomic mass is 32.2. The van der Waals surface area contributed by atoms with Crippen molar-refractivity contribution in [3.63, 3.8) is 0 Å². The Balaban J connectivity index is 1.58. The van der Waals surface area contributed by atoms with E-state index in [1.165, 1.54) is 12.1 Å². The Hall–Kier alpha value is -3.59. The second-order valence-corrected chi connectivity index (χ2v) is 10.2. The average molecular weight is 525 g/mol. The van der Waals surface area contributed by atoms with Gasteiger partial charge in [0.1, 0.15) is 23.2 Å². The van der Waals surface area contributed by atoms with Gasteiger partial charge in [0.2, 0.25) is 0 Å². The number of rotatable bonds is 8. The van der Waals surface area contributed by atoms with E-state index in [0.717, 1.165) is 11.1 Å². The summed E-state index contributed by atoms with van der Waals surface area (Å²) in [7, 11) is 0. The van der Waals surface area contributed by atoms with Crippen LogP contribution in [-0.2, 0) is 19.1 Å². The maximum absolute atomic E-state index is 13.6. The Bertz CT molecular complexity index is 1300. The van der Waals surface area contributed by atoms with Gasteiger partial charge in [-0.3, -0.25) is 9.59 Å². The molecule has 1 atom stereocenters. The SMILES string of the molecule is CCOC(=O)[C@H](CCSC)NC(=O)c1ccc(C2=C/C(=C3/C(=O)Nc4cc(F)ccc43)OC2(C)C)cc1. The number of amides is 2. The van der Waals surface area contributed by atoms with E-state index < -0.39 is 23.4 Å². The van der Waals surface area contributed by atoms with Gasteiger partial charge in [-0.25, -0.2) is 9.18 Å². The van der Waals surface area contributed by atoms with Crippen LogP contribution in [0.15, 0.2) is 54.3 Å². The van der Waals surface area contributed by atoms with Crippen molar-refractivity contribution >= 4 is 46.4 Å². The molecule has 0 spiro atoms. The number of carbonyl (C=O) groups is 3. The van der Waals surface area contributed by atoms with Gasteiger partial charge >= 0.3 is 5.97 Å². The molecule has 0 radical (unpaired) electrons. The van der Waals surface area contributed by atoms with E-state index in [1.807, 2.05) is 26.2 Å². The van der Waals surface area contributed by atoms with Crippen LogP contribution < -0.4 is 10.6 Å². The summed E-state index contributed by atoms with van der Waals surface area (Å²) in [6.07, 6.45) is 4.22. The summed E-state index contributed by atoms with van der Waals surface area (Å²) >= 11 is 1.59. The number of allylic oxidation sites excluding steroid dienone is 1. The van der Waals surface area contributed by atoms with E-state index in [1.54, 1.807) is 49.0 Å². The zero-order chi connectivity index (χ0) is 26.7. The minimum absolute atomic E-state index is 0.244. The zero-order valence-corrected chi connectivity index (χ0v) is 22.0. The highest BCUT2D eigenvalue weighted by Gasteiger charge is 2.38. The van der Waals surface area contributed by atoms with Crippen molar-refractivity contribution in [2.24, 2.45) is 0 Å². The Morgan fingerprint density at radius 3 is 2.59 bits per heavy atom. The minimum Gasteiger partial charge on any atom is -0.482 e. The molecule has 0 saturated carbocycles. The van der Waals surface area contributed by atoms with Crippen molar-refractivity contribution in [3.05, 3.63) is 76.8 Å². The predicted octanol–water partition coefficient (Wildman–Crippen LogP) is 4.80. The fraction of sp³-hybridized carbons (Fsp3) is 0.321. The first-order valence-corrected chi connectivity index (χ1v) is 13.4. The highest BCUT2D eigenvalue weighted by Crippen LogP contribution is 2.44. The third-order valence-electron chi connectivity index (χ3n) is 6.21. The lowest BCUT2D eigenvalue weighted by molar-refractivity contribution is -0.145. The highest BCUT2D eigenvalue weighted by molar-refractivity contribution is 7.98. The molecule has 0 unspecified atom stereocenters. The molecule has 2 amide bonds. The average Bonchev–Trinajstić information content (AvgIpc) is 3.35. The van der Waals surface area contributed by atoms with Crippen LogP contribution in [0.3, 0.4) is 0 Å².